The highest BCUT2D eigenvalue weighted by Crippen LogP contribution is 2.53. The van der Waals surface area contributed by atoms with Crippen LogP contribution in [0.25, 0.3) is 6.08 Å². The third-order valence-electron chi connectivity index (χ3n) is 7.39. The first-order valence-corrected chi connectivity index (χ1v) is 12.3. The van der Waals surface area contributed by atoms with Crippen LogP contribution in [0, 0.1) is 0 Å². The van der Waals surface area contributed by atoms with Crippen LogP contribution in [0.3, 0.4) is 0 Å². The number of fused-ring (bicyclic) bond motifs is 1. The van der Waals surface area contributed by atoms with Gasteiger partial charge in [-0.25, -0.2) is 0 Å². The molecule has 9 heteroatoms. The third-order valence-corrected chi connectivity index (χ3v) is 7.39. The van der Waals surface area contributed by atoms with Gasteiger partial charge in [-0.3, -0.25) is 9.69 Å². The minimum Gasteiger partial charge on any atom is -0.508 e. The van der Waals surface area contributed by atoms with Crippen LogP contribution in [0.2, 0.25) is 0 Å². The number of phenolic OH excluding ortho intramolecular Hbond substituents is 1. The van der Waals surface area contributed by atoms with Gasteiger partial charge >= 0.3 is 6.36 Å². The van der Waals surface area contributed by atoms with Gasteiger partial charge in [-0.1, -0.05) is 61.4 Å². The van der Waals surface area contributed by atoms with E-state index < -0.39 is 35.2 Å². The number of phenols is 1. The summed E-state index contributed by atoms with van der Waals surface area (Å²) >= 11 is 0. The number of nitrogens with zero attached hydrogens (tertiary/aromatic N) is 1. The van der Waals surface area contributed by atoms with Crippen LogP contribution in [0.15, 0.2) is 73.0 Å². The van der Waals surface area contributed by atoms with E-state index in [9.17, 15) is 28.2 Å². The number of ether oxygens (including phenoxy) is 1. The molecule has 3 N–H and O–H groups in total. The Labute approximate surface area is 214 Å². The molecule has 3 atom stereocenters. The number of carbonyl (C=O) groups is 1. The normalized spacial score (nSPS) is 26.7. The van der Waals surface area contributed by atoms with E-state index in [2.05, 4.69) is 16.6 Å². The first-order chi connectivity index (χ1) is 17.6. The lowest BCUT2D eigenvalue weighted by Crippen LogP contribution is -2.69. The number of halogens is 3. The quantitative estimate of drug-likeness (QED) is 0.279. The summed E-state index contributed by atoms with van der Waals surface area (Å²) in [6.07, 6.45) is -0.0990. The molecular formula is C28H31F3N2O4. The largest absolute Gasteiger partial charge is 0.573 e. The van der Waals surface area contributed by atoms with Crippen molar-refractivity contribution in [2.75, 3.05) is 13.1 Å². The van der Waals surface area contributed by atoms with E-state index in [1.54, 1.807) is 54.6 Å². The monoisotopic (exact) mass is 516 g/mol. The topological polar surface area (TPSA) is 82.0 Å². The molecule has 2 fully saturated rings. The number of hydrogen-bond acceptors (Lipinski definition) is 5. The Balaban J connectivity index is 1.70. The van der Waals surface area contributed by atoms with Crippen molar-refractivity contribution >= 4 is 12.0 Å². The van der Waals surface area contributed by atoms with Crippen LogP contribution in [0.4, 0.5) is 13.2 Å². The standard InChI is InChI=1S/C28H31F3N2O4/c1-2-15-33-19-27(36)14-7-6-13-26(27,21-11-8-12-22(34)17-21)18-24(33)32-25(35)23(37-28(29,30)31)16-20-9-4-3-5-10-20/h2-5,8-12,16-17,24,34,36H,1,6-7,13-15,18-19H2,(H,32,35)/t24-,26-,27?/m0/s1. The molecule has 2 aromatic carbocycles. The van der Waals surface area contributed by atoms with Crippen molar-refractivity contribution < 1.29 is 32.9 Å². The molecule has 2 aliphatic rings. The lowest BCUT2D eigenvalue weighted by molar-refractivity contribution is -0.304. The van der Waals surface area contributed by atoms with Crippen molar-refractivity contribution in [3.8, 4) is 5.75 Å². The first-order valence-electron chi connectivity index (χ1n) is 12.3. The van der Waals surface area contributed by atoms with Crippen LogP contribution in [0.5, 0.6) is 5.75 Å². The number of carbonyl (C=O) groups excluding carboxylic acids is 1. The molecule has 1 amide bonds. The second kappa shape index (κ2) is 10.6. The summed E-state index contributed by atoms with van der Waals surface area (Å²) in [6, 6.07) is 14.8. The Hall–Kier alpha value is -3.30. The van der Waals surface area contributed by atoms with Crippen LogP contribution in [0.1, 0.15) is 43.2 Å². The molecule has 198 valence electrons. The van der Waals surface area contributed by atoms with Gasteiger partial charge in [0.1, 0.15) is 5.75 Å². The lowest BCUT2D eigenvalue weighted by atomic mass is 9.55. The number of aromatic hydroxyl groups is 1. The maximum Gasteiger partial charge on any atom is 0.573 e. The molecular weight excluding hydrogens is 485 g/mol. The molecule has 0 aromatic heterocycles. The minimum atomic E-state index is -5.06. The molecule has 0 radical (unpaired) electrons. The Kier molecular flexibility index (Phi) is 7.66. The molecule has 1 heterocycles. The van der Waals surface area contributed by atoms with Crippen molar-refractivity contribution in [2.24, 2.45) is 0 Å². The predicted molar refractivity (Wildman–Crippen MR) is 133 cm³/mol. The molecule has 4 rings (SSSR count). The number of hydrogen-bond donors (Lipinski definition) is 3. The maximum absolute atomic E-state index is 13.2. The first kappa shape index (κ1) is 26.8. The van der Waals surface area contributed by atoms with E-state index in [0.717, 1.165) is 24.5 Å². The summed E-state index contributed by atoms with van der Waals surface area (Å²) in [5.74, 6) is -1.85. The number of amides is 1. The van der Waals surface area contributed by atoms with Gasteiger partial charge in [0, 0.05) is 18.5 Å². The van der Waals surface area contributed by atoms with Crippen LogP contribution in [-0.2, 0) is 14.9 Å². The van der Waals surface area contributed by atoms with E-state index in [-0.39, 0.29) is 18.7 Å². The van der Waals surface area contributed by atoms with E-state index in [1.807, 2.05) is 11.0 Å². The summed E-state index contributed by atoms with van der Waals surface area (Å²) in [5.41, 5.74) is -0.859. The fraction of sp³-hybridized carbons (Fsp3) is 0.393. The molecule has 1 aliphatic heterocycles. The van der Waals surface area contributed by atoms with Crippen molar-refractivity contribution in [3.05, 3.63) is 84.1 Å². The van der Waals surface area contributed by atoms with Gasteiger partial charge in [-0.05, 0) is 48.6 Å². The highest BCUT2D eigenvalue weighted by atomic mass is 19.4. The summed E-state index contributed by atoms with van der Waals surface area (Å²) in [6.45, 7) is 4.25. The van der Waals surface area contributed by atoms with Gasteiger partial charge in [0.2, 0.25) is 0 Å². The number of alkyl halides is 3. The third kappa shape index (κ3) is 5.83. The van der Waals surface area contributed by atoms with E-state index in [1.165, 1.54) is 0 Å². The van der Waals surface area contributed by atoms with Gasteiger partial charge in [-0.15, -0.1) is 19.8 Å². The van der Waals surface area contributed by atoms with Crippen molar-refractivity contribution in [3.63, 3.8) is 0 Å². The van der Waals surface area contributed by atoms with E-state index in [0.29, 0.717) is 24.9 Å². The van der Waals surface area contributed by atoms with Gasteiger partial charge in [-0.2, -0.15) is 0 Å². The van der Waals surface area contributed by atoms with Crippen LogP contribution in [-0.4, -0.2) is 52.2 Å². The average Bonchev–Trinajstić information content (AvgIpc) is 2.84. The highest BCUT2D eigenvalue weighted by molar-refractivity contribution is 5.96. The van der Waals surface area contributed by atoms with Gasteiger partial charge in [0.05, 0.1) is 11.8 Å². The maximum atomic E-state index is 13.2. The molecule has 1 saturated heterocycles. The zero-order chi connectivity index (χ0) is 26.7. The van der Waals surface area contributed by atoms with Gasteiger partial charge in [0.25, 0.3) is 5.91 Å². The number of piperidine rings is 1. The smallest absolute Gasteiger partial charge is 0.508 e. The second-order valence-corrected chi connectivity index (χ2v) is 9.75. The predicted octanol–water partition coefficient (Wildman–Crippen LogP) is 4.85. The lowest BCUT2D eigenvalue weighted by Gasteiger charge is -2.59. The van der Waals surface area contributed by atoms with Crippen LogP contribution < -0.4 is 5.32 Å². The highest BCUT2D eigenvalue weighted by Gasteiger charge is 2.58. The molecule has 0 spiro atoms. The van der Waals surface area contributed by atoms with E-state index >= 15 is 0 Å². The zero-order valence-electron chi connectivity index (χ0n) is 20.4. The van der Waals surface area contributed by atoms with E-state index in [4.69, 9.17) is 0 Å². The van der Waals surface area contributed by atoms with Crippen molar-refractivity contribution in [1.29, 1.82) is 0 Å². The fourth-order valence-electron chi connectivity index (χ4n) is 5.77. The van der Waals surface area contributed by atoms with Gasteiger partial charge < -0.3 is 20.3 Å². The molecule has 37 heavy (non-hydrogen) atoms. The number of rotatable bonds is 7. The Morgan fingerprint density at radius 1 is 1.16 bits per heavy atom. The summed E-state index contributed by atoms with van der Waals surface area (Å²) < 4.78 is 43.8. The number of aliphatic hydroxyl groups is 1. The summed E-state index contributed by atoms with van der Waals surface area (Å²) in [5, 5.41) is 24.8. The minimum absolute atomic E-state index is 0.0561. The number of benzene rings is 2. The second-order valence-electron chi connectivity index (χ2n) is 9.75. The van der Waals surface area contributed by atoms with Gasteiger partial charge in [0.15, 0.2) is 5.76 Å². The average molecular weight is 517 g/mol. The molecule has 6 nitrogen and oxygen atoms in total. The molecule has 1 aliphatic carbocycles. The molecule has 2 aromatic rings. The van der Waals surface area contributed by atoms with Crippen LogP contribution >= 0.6 is 0 Å². The van der Waals surface area contributed by atoms with Crippen molar-refractivity contribution in [1.82, 2.24) is 10.2 Å². The Bertz CT molecular complexity index is 1150. The molecule has 1 saturated carbocycles. The van der Waals surface area contributed by atoms with Crippen molar-refractivity contribution in [2.45, 2.75) is 55.6 Å². The SMILES string of the molecule is C=CCN1CC2(O)CCCC[C@@]2(c2cccc(O)c2)C[C@H]1NC(=O)C(=Cc1ccccc1)OC(F)(F)F. The number of nitrogens with one attached hydrogen (secondary N) is 1. The Morgan fingerprint density at radius 2 is 1.89 bits per heavy atom. The zero-order valence-corrected chi connectivity index (χ0v) is 20.4. The molecule has 1 unspecified atom stereocenters. The Morgan fingerprint density at radius 3 is 2.57 bits per heavy atom. The number of β-amino-alcohol motifs (C(OH)–C–C–N with tert-alkyl or cyclic N) is 1. The fourth-order valence-corrected chi connectivity index (χ4v) is 5.77. The molecule has 0 bridgehead atoms. The summed E-state index contributed by atoms with van der Waals surface area (Å²) in [4.78, 5) is 15.0. The summed E-state index contributed by atoms with van der Waals surface area (Å²) in [7, 11) is 0. The number of likely N-dealkylation sites (tertiary alicyclic amines) is 1.